The molecule has 6 nitrogen and oxygen atoms in total. The number of ether oxygens (including phenoxy) is 2. The summed E-state index contributed by atoms with van der Waals surface area (Å²) >= 11 is 1.55. The Kier molecular flexibility index (Phi) is 6.99. The number of hydrogen-bond acceptors (Lipinski definition) is 7. The number of fused-ring (bicyclic) bond motifs is 1. The van der Waals surface area contributed by atoms with E-state index >= 15 is 0 Å². The summed E-state index contributed by atoms with van der Waals surface area (Å²) in [5.74, 6) is 5.45. The van der Waals surface area contributed by atoms with Crippen LogP contribution in [0.15, 0.2) is 66.0 Å². The van der Waals surface area contributed by atoms with E-state index in [0.29, 0.717) is 29.8 Å². The number of nitrogens with zero attached hydrogens (tertiary/aromatic N) is 2. The lowest BCUT2D eigenvalue weighted by molar-refractivity contribution is 0.0414. The molecule has 0 saturated carbocycles. The zero-order chi connectivity index (χ0) is 24.1. The summed E-state index contributed by atoms with van der Waals surface area (Å²) in [6.07, 6.45) is 5.30. The average Bonchev–Trinajstić information content (AvgIpc) is 2.83. The maximum absolute atomic E-state index is 12.5. The second kappa shape index (κ2) is 10.1. The predicted molar refractivity (Wildman–Crippen MR) is 130 cm³/mol. The summed E-state index contributed by atoms with van der Waals surface area (Å²) in [6, 6.07) is 12.8. The highest BCUT2D eigenvalue weighted by Crippen LogP contribution is 2.46. The van der Waals surface area contributed by atoms with E-state index in [2.05, 4.69) is 41.7 Å². The van der Waals surface area contributed by atoms with Crippen molar-refractivity contribution in [3.05, 3.63) is 89.0 Å². The Morgan fingerprint density at radius 1 is 1.09 bits per heavy atom. The second-order valence-electron chi connectivity index (χ2n) is 8.40. The van der Waals surface area contributed by atoms with E-state index in [-0.39, 0.29) is 16.8 Å². The quantitative estimate of drug-likeness (QED) is 0.390. The van der Waals surface area contributed by atoms with Crippen LogP contribution in [0.2, 0.25) is 0 Å². The molecule has 0 N–H and O–H groups in total. The monoisotopic (exact) mass is 472 g/mol. The van der Waals surface area contributed by atoms with Gasteiger partial charge in [-0.2, -0.15) is 0 Å². The van der Waals surface area contributed by atoms with Crippen LogP contribution in [0, 0.1) is 11.8 Å². The molecule has 0 fully saturated rings. The third-order valence-corrected chi connectivity index (χ3v) is 6.53. The SMILES string of the molecule is CCOC(=O)c1ccc(C#Cc2ccc3c(c2)C(C)(C)CC(OC(=O)c2cccnc2)S3)nc1. The van der Waals surface area contributed by atoms with E-state index in [4.69, 9.17) is 9.47 Å². The average molecular weight is 473 g/mol. The van der Waals surface area contributed by atoms with Gasteiger partial charge in [0.05, 0.1) is 17.7 Å². The summed E-state index contributed by atoms with van der Waals surface area (Å²) in [5, 5.41) is 0. The molecule has 0 amide bonds. The number of pyridine rings is 2. The summed E-state index contributed by atoms with van der Waals surface area (Å²) in [4.78, 5) is 33.5. The first-order chi connectivity index (χ1) is 16.4. The first-order valence-electron chi connectivity index (χ1n) is 10.9. The van der Waals surface area contributed by atoms with E-state index in [9.17, 15) is 9.59 Å². The predicted octanol–water partition coefficient (Wildman–Crippen LogP) is 5.01. The Morgan fingerprint density at radius 3 is 2.62 bits per heavy atom. The van der Waals surface area contributed by atoms with Gasteiger partial charge in [-0.15, -0.1) is 0 Å². The highest BCUT2D eigenvalue weighted by Gasteiger charge is 2.35. The molecule has 0 saturated heterocycles. The van der Waals surface area contributed by atoms with Crippen molar-refractivity contribution >= 4 is 23.7 Å². The summed E-state index contributed by atoms with van der Waals surface area (Å²) < 4.78 is 10.7. The van der Waals surface area contributed by atoms with Crippen molar-refractivity contribution in [3.63, 3.8) is 0 Å². The molecule has 34 heavy (non-hydrogen) atoms. The van der Waals surface area contributed by atoms with Crippen LogP contribution >= 0.6 is 11.8 Å². The minimum absolute atomic E-state index is 0.197. The molecule has 7 heteroatoms. The summed E-state index contributed by atoms with van der Waals surface area (Å²) in [5.41, 5.74) is 2.98. The van der Waals surface area contributed by atoms with Crippen molar-refractivity contribution in [1.82, 2.24) is 9.97 Å². The fourth-order valence-corrected chi connectivity index (χ4v) is 5.15. The highest BCUT2D eigenvalue weighted by molar-refractivity contribution is 7.99. The van der Waals surface area contributed by atoms with E-state index in [1.54, 1.807) is 49.1 Å². The fraction of sp³-hybridized carbons (Fsp3) is 0.259. The van der Waals surface area contributed by atoms with Crippen molar-refractivity contribution in [1.29, 1.82) is 0 Å². The lowest BCUT2D eigenvalue weighted by atomic mass is 9.80. The standard InChI is InChI=1S/C27H24N2O4S/c1-4-32-25(30)20-9-11-21(29-17-20)10-7-18-8-12-23-22(14-18)27(2,3)15-24(34-23)33-26(31)19-6-5-13-28-16-19/h5-6,8-9,11-14,16-17,24H,4,15H2,1-3H3. The van der Waals surface area contributed by atoms with Crippen LogP contribution < -0.4 is 0 Å². The van der Waals surface area contributed by atoms with E-state index in [1.807, 2.05) is 12.1 Å². The Hall–Kier alpha value is -3.63. The Balaban J connectivity index is 1.48. The van der Waals surface area contributed by atoms with Gasteiger partial charge in [-0.25, -0.2) is 14.6 Å². The second-order valence-corrected chi connectivity index (χ2v) is 9.60. The molecule has 1 aliphatic heterocycles. The molecular formula is C27H24N2O4S. The number of hydrogen-bond donors (Lipinski definition) is 0. The van der Waals surface area contributed by atoms with Gasteiger partial charge in [-0.05, 0) is 66.3 Å². The number of aromatic nitrogens is 2. The summed E-state index contributed by atoms with van der Waals surface area (Å²) in [6.45, 7) is 6.37. The number of carbonyl (C=O) groups is 2. The van der Waals surface area contributed by atoms with Crippen LogP contribution in [0.4, 0.5) is 0 Å². The van der Waals surface area contributed by atoms with Gasteiger partial charge in [0.15, 0.2) is 5.44 Å². The largest absolute Gasteiger partial charge is 0.462 e. The van der Waals surface area contributed by atoms with Crippen LogP contribution in [0.25, 0.3) is 0 Å². The third kappa shape index (κ3) is 5.46. The van der Waals surface area contributed by atoms with Gasteiger partial charge in [-0.1, -0.05) is 31.5 Å². The Morgan fingerprint density at radius 2 is 1.91 bits per heavy atom. The molecule has 1 atom stereocenters. The van der Waals surface area contributed by atoms with Gasteiger partial charge in [0.25, 0.3) is 0 Å². The molecule has 0 spiro atoms. The van der Waals surface area contributed by atoms with E-state index in [0.717, 1.165) is 10.5 Å². The molecule has 3 heterocycles. The maximum Gasteiger partial charge on any atom is 0.340 e. The van der Waals surface area contributed by atoms with Gasteiger partial charge < -0.3 is 9.47 Å². The van der Waals surface area contributed by atoms with Crippen molar-refractivity contribution < 1.29 is 19.1 Å². The number of esters is 2. The first kappa shape index (κ1) is 23.5. The number of carbonyl (C=O) groups excluding carboxylic acids is 2. The Labute approximate surface area is 203 Å². The number of rotatable bonds is 4. The maximum atomic E-state index is 12.5. The lowest BCUT2D eigenvalue weighted by Gasteiger charge is -2.36. The van der Waals surface area contributed by atoms with Gasteiger partial charge in [0.2, 0.25) is 0 Å². The molecule has 1 unspecified atom stereocenters. The molecule has 2 aromatic heterocycles. The molecule has 4 rings (SSSR count). The normalized spacial score (nSPS) is 15.9. The zero-order valence-electron chi connectivity index (χ0n) is 19.2. The number of benzene rings is 1. The third-order valence-electron chi connectivity index (χ3n) is 5.39. The molecule has 1 aliphatic rings. The minimum atomic E-state index is -0.395. The number of thioether (sulfide) groups is 1. The first-order valence-corrected chi connectivity index (χ1v) is 11.8. The minimum Gasteiger partial charge on any atom is -0.462 e. The van der Waals surface area contributed by atoms with Crippen LogP contribution in [0.5, 0.6) is 0 Å². The molecule has 0 aliphatic carbocycles. The molecule has 0 radical (unpaired) electrons. The van der Waals surface area contributed by atoms with Gasteiger partial charge >= 0.3 is 11.9 Å². The van der Waals surface area contributed by atoms with Gasteiger partial charge in [0.1, 0.15) is 5.69 Å². The van der Waals surface area contributed by atoms with E-state index in [1.165, 1.54) is 18.0 Å². The Bertz CT molecular complexity index is 1260. The topological polar surface area (TPSA) is 78.4 Å². The van der Waals surface area contributed by atoms with Crippen molar-refractivity contribution in [3.8, 4) is 11.8 Å². The zero-order valence-corrected chi connectivity index (χ0v) is 20.0. The van der Waals surface area contributed by atoms with Crippen molar-refractivity contribution in [2.75, 3.05) is 6.61 Å². The summed E-state index contributed by atoms with van der Waals surface area (Å²) in [7, 11) is 0. The lowest BCUT2D eigenvalue weighted by Crippen LogP contribution is -2.31. The van der Waals surface area contributed by atoms with Crippen LogP contribution in [0.3, 0.4) is 0 Å². The molecule has 1 aromatic carbocycles. The highest BCUT2D eigenvalue weighted by atomic mass is 32.2. The molecular weight excluding hydrogens is 448 g/mol. The molecule has 0 bridgehead atoms. The molecule has 172 valence electrons. The molecule has 3 aromatic rings. The van der Waals surface area contributed by atoms with Crippen LogP contribution in [-0.2, 0) is 14.9 Å². The van der Waals surface area contributed by atoms with E-state index < -0.39 is 5.97 Å². The van der Waals surface area contributed by atoms with Crippen molar-refractivity contribution in [2.45, 2.75) is 42.9 Å². The van der Waals surface area contributed by atoms with Gasteiger partial charge in [-0.3, -0.25) is 4.98 Å². The van der Waals surface area contributed by atoms with Crippen LogP contribution in [-0.4, -0.2) is 33.9 Å². The van der Waals surface area contributed by atoms with Crippen LogP contribution in [0.1, 0.15) is 64.7 Å². The smallest absolute Gasteiger partial charge is 0.340 e. The fourth-order valence-electron chi connectivity index (χ4n) is 3.63. The van der Waals surface area contributed by atoms with Gasteiger partial charge in [0, 0.05) is 35.5 Å². The van der Waals surface area contributed by atoms with Crippen molar-refractivity contribution in [2.24, 2.45) is 0 Å².